The highest BCUT2D eigenvalue weighted by Gasteiger charge is 2.06. The van der Waals surface area contributed by atoms with Crippen molar-refractivity contribution in [2.45, 2.75) is 32.4 Å². The highest BCUT2D eigenvalue weighted by Crippen LogP contribution is 2.26. The van der Waals surface area contributed by atoms with Gasteiger partial charge in [-0.25, -0.2) is 14.4 Å². The average molecular weight is 326 g/mol. The van der Waals surface area contributed by atoms with Crippen molar-refractivity contribution in [1.82, 2.24) is 9.97 Å². The summed E-state index contributed by atoms with van der Waals surface area (Å²) in [6.45, 7) is 5.71. The van der Waals surface area contributed by atoms with E-state index in [9.17, 15) is 4.39 Å². The van der Waals surface area contributed by atoms with Crippen molar-refractivity contribution in [3.63, 3.8) is 0 Å². The van der Waals surface area contributed by atoms with Gasteiger partial charge in [0.1, 0.15) is 12.4 Å². The van der Waals surface area contributed by atoms with E-state index in [1.165, 1.54) is 0 Å². The Morgan fingerprint density at radius 1 is 1.29 bits per heavy atom. The second kappa shape index (κ2) is 9.60. The van der Waals surface area contributed by atoms with Crippen molar-refractivity contribution in [2.75, 3.05) is 6.61 Å². The first-order chi connectivity index (χ1) is 11.7. The molecule has 1 unspecified atom stereocenters. The molecule has 0 amide bonds. The summed E-state index contributed by atoms with van der Waals surface area (Å²) in [5.41, 5.74) is 1.88. The lowest BCUT2D eigenvalue weighted by Crippen LogP contribution is -1.96. The van der Waals surface area contributed by atoms with Crippen molar-refractivity contribution in [3.8, 4) is 17.1 Å². The topological polar surface area (TPSA) is 35.0 Å². The summed E-state index contributed by atoms with van der Waals surface area (Å²) >= 11 is 0. The number of alkyl halides is 1. The van der Waals surface area contributed by atoms with E-state index in [4.69, 9.17) is 4.74 Å². The van der Waals surface area contributed by atoms with Gasteiger partial charge >= 0.3 is 0 Å². The van der Waals surface area contributed by atoms with Crippen LogP contribution in [0.15, 0.2) is 55.4 Å². The zero-order valence-corrected chi connectivity index (χ0v) is 14.0. The molecule has 0 aliphatic carbocycles. The van der Waals surface area contributed by atoms with Gasteiger partial charge in [-0.2, -0.15) is 0 Å². The van der Waals surface area contributed by atoms with Gasteiger partial charge < -0.3 is 4.74 Å². The Bertz CT molecular complexity index is 669. The number of hydrogen-bond acceptors (Lipinski definition) is 3. The lowest BCUT2D eigenvalue weighted by molar-refractivity contribution is 0.335. The van der Waals surface area contributed by atoms with Gasteiger partial charge in [0.15, 0.2) is 5.82 Å². The van der Waals surface area contributed by atoms with Crippen LogP contribution in [-0.4, -0.2) is 22.7 Å². The van der Waals surface area contributed by atoms with Crippen LogP contribution < -0.4 is 4.74 Å². The Kier molecular flexibility index (Phi) is 7.15. The van der Waals surface area contributed by atoms with E-state index in [1.54, 1.807) is 31.5 Å². The number of allylic oxidation sites excluding steroid dienone is 1. The Balaban J connectivity index is 2.14. The molecule has 0 saturated heterocycles. The van der Waals surface area contributed by atoms with Gasteiger partial charge in [0.05, 0.1) is 6.17 Å². The minimum absolute atomic E-state index is 0.430. The Morgan fingerprint density at radius 3 is 2.79 bits per heavy atom. The van der Waals surface area contributed by atoms with Gasteiger partial charge in [0, 0.05) is 23.5 Å². The van der Waals surface area contributed by atoms with Gasteiger partial charge in [0.2, 0.25) is 0 Å². The van der Waals surface area contributed by atoms with Crippen LogP contribution in [0.2, 0.25) is 0 Å². The summed E-state index contributed by atoms with van der Waals surface area (Å²) in [5.74, 6) is 1.42. The summed E-state index contributed by atoms with van der Waals surface area (Å²) in [7, 11) is 0. The SMILES string of the molecule is C=CCOc1cc(-c2ncccn2)ccc1C=CCCCC(C)F. The molecular weight excluding hydrogens is 303 g/mol. The number of aromatic nitrogens is 2. The van der Waals surface area contributed by atoms with E-state index in [2.05, 4.69) is 22.6 Å². The molecule has 3 nitrogen and oxygen atoms in total. The zero-order valence-electron chi connectivity index (χ0n) is 14.0. The predicted molar refractivity (Wildman–Crippen MR) is 96.6 cm³/mol. The molecule has 0 spiro atoms. The molecule has 0 aliphatic heterocycles. The monoisotopic (exact) mass is 326 g/mol. The fourth-order valence-corrected chi connectivity index (χ4v) is 2.26. The Labute approximate surface area is 142 Å². The van der Waals surface area contributed by atoms with Crippen molar-refractivity contribution < 1.29 is 9.13 Å². The van der Waals surface area contributed by atoms with Crippen molar-refractivity contribution in [3.05, 3.63) is 61.0 Å². The molecule has 0 bridgehead atoms. The molecular formula is C20H23FN2O. The molecule has 2 aromatic rings. The van der Waals surface area contributed by atoms with E-state index in [1.807, 2.05) is 24.3 Å². The fourth-order valence-electron chi connectivity index (χ4n) is 2.26. The van der Waals surface area contributed by atoms with Gasteiger partial charge in [-0.3, -0.25) is 0 Å². The van der Waals surface area contributed by atoms with Crippen LogP contribution in [0, 0.1) is 0 Å². The highest BCUT2D eigenvalue weighted by molar-refractivity contribution is 5.65. The number of nitrogens with zero attached hydrogens (tertiary/aromatic N) is 2. The van der Waals surface area contributed by atoms with Gasteiger partial charge in [-0.05, 0) is 38.3 Å². The van der Waals surface area contributed by atoms with Crippen LogP contribution >= 0.6 is 0 Å². The molecule has 1 atom stereocenters. The van der Waals surface area contributed by atoms with E-state index in [-0.39, 0.29) is 0 Å². The number of rotatable bonds is 9. The molecule has 0 radical (unpaired) electrons. The van der Waals surface area contributed by atoms with Crippen molar-refractivity contribution in [2.24, 2.45) is 0 Å². The van der Waals surface area contributed by atoms with E-state index in [0.717, 1.165) is 29.7 Å². The minimum Gasteiger partial charge on any atom is -0.489 e. The third kappa shape index (κ3) is 5.61. The maximum absolute atomic E-state index is 12.8. The predicted octanol–water partition coefficient (Wildman–Crippen LogP) is 5.25. The number of halogens is 1. The Morgan fingerprint density at radius 2 is 2.08 bits per heavy atom. The van der Waals surface area contributed by atoms with E-state index in [0.29, 0.717) is 18.9 Å². The van der Waals surface area contributed by atoms with Crippen LogP contribution in [-0.2, 0) is 0 Å². The molecule has 1 aromatic carbocycles. The standard InChI is InChI=1S/C20H23FN2O/c1-3-14-24-19-15-18(20-22-12-7-13-23-20)11-10-17(19)9-6-4-5-8-16(2)21/h3,6-7,9-13,15-16H,1,4-5,8,14H2,2H3. The van der Waals surface area contributed by atoms with Gasteiger partial charge in [0.25, 0.3) is 0 Å². The quantitative estimate of drug-likeness (QED) is 0.466. The molecule has 2 rings (SSSR count). The molecule has 0 N–H and O–H groups in total. The summed E-state index contributed by atoms with van der Waals surface area (Å²) in [6, 6.07) is 7.67. The average Bonchev–Trinajstić information content (AvgIpc) is 2.60. The molecule has 0 fully saturated rings. The summed E-state index contributed by atoms with van der Waals surface area (Å²) < 4.78 is 18.6. The molecule has 0 aliphatic rings. The lowest BCUT2D eigenvalue weighted by atomic mass is 10.1. The smallest absolute Gasteiger partial charge is 0.159 e. The molecule has 4 heteroatoms. The van der Waals surface area contributed by atoms with Crippen LogP contribution in [0.25, 0.3) is 17.5 Å². The summed E-state index contributed by atoms with van der Waals surface area (Å²) in [6.07, 6.45) is 10.7. The number of hydrogen-bond donors (Lipinski definition) is 0. The van der Waals surface area contributed by atoms with Crippen molar-refractivity contribution >= 4 is 6.08 Å². The summed E-state index contributed by atoms with van der Waals surface area (Å²) in [5, 5.41) is 0. The number of unbranched alkanes of at least 4 members (excludes halogenated alkanes) is 1. The first-order valence-corrected chi connectivity index (χ1v) is 8.16. The molecule has 24 heavy (non-hydrogen) atoms. The summed E-state index contributed by atoms with van der Waals surface area (Å²) in [4.78, 5) is 8.53. The lowest BCUT2D eigenvalue weighted by Gasteiger charge is -2.09. The van der Waals surface area contributed by atoms with Crippen LogP contribution in [0.3, 0.4) is 0 Å². The van der Waals surface area contributed by atoms with E-state index >= 15 is 0 Å². The third-order valence-electron chi connectivity index (χ3n) is 3.46. The maximum Gasteiger partial charge on any atom is 0.159 e. The van der Waals surface area contributed by atoms with Crippen LogP contribution in [0.4, 0.5) is 4.39 Å². The molecule has 1 heterocycles. The first kappa shape index (κ1) is 17.9. The maximum atomic E-state index is 12.8. The fraction of sp³-hybridized carbons (Fsp3) is 0.300. The molecule has 0 saturated carbocycles. The first-order valence-electron chi connectivity index (χ1n) is 8.16. The second-order valence-corrected chi connectivity index (χ2v) is 5.54. The zero-order chi connectivity index (χ0) is 17.2. The molecule has 1 aromatic heterocycles. The highest BCUT2D eigenvalue weighted by atomic mass is 19.1. The number of benzene rings is 1. The van der Waals surface area contributed by atoms with Crippen LogP contribution in [0.1, 0.15) is 31.7 Å². The number of ether oxygens (including phenoxy) is 1. The molecule has 126 valence electrons. The second-order valence-electron chi connectivity index (χ2n) is 5.54. The normalized spacial score (nSPS) is 12.2. The van der Waals surface area contributed by atoms with Crippen molar-refractivity contribution in [1.29, 1.82) is 0 Å². The minimum atomic E-state index is -0.741. The Hall–Kier alpha value is -2.49. The third-order valence-corrected chi connectivity index (χ3v) is 3.46. The van der Waals surface area contributed by atoms with Gasteiger partial charge in [-0.15, -0.1) is 0 Å². The van der Waals surface area contributed by atoms with Gasteiger partial charge in [-0.1, -0.05) is 36.9 Å². The van der Waals surface area contributed by atoms with Crippen LogP contribution in [0.5, 0.6) is 5.75 Å². The van der Waals surface area contributed by atoms with E-state index < -0.39 is 6.17 Å². The largest absolute Gasteiger partial charge is 0.489 e.